The molecule has 0 bridgehead atoms. The summed E-state index contributed by atoms with van der Waals surface area (Å²) in [5.41, 5.74) is 6.80. The zero-order valence-electron chi connectivity index (χ0n) is 10.5. The summed E-state index contributed by atoms with van der Waals surface area (Å²) < 4.78 is 1.50. The zero-order valence-corrected chi connectivity index (χ0v) is 10.5. The number of fused-ring (bicyclic) bond motifs is 1. The summed E-state index contributed by atoms with van der Waals surface area (Å²) in [7, 11) is 7.41. The summed E-state index contributed by atoms with van der Waals surface area (Å²) >= 11 is 0. The summed E-state index contributed by atoms with van der Waals surface area (Å²) in [6.07, 6.45) is 4.30. The van der Waals surface area contributed by atoms with Crippen molar-refractivity contribution in [2.24, 2.45) is 0 Å². The summed E-state index contributed by atoms with van der Waals surface area (Å²) in [6.45, 7) is 2.50. The number of nitrogens with zero attached hydrogens (tertiary/aromatic N) is 3. The van der Waals surface area contributed by atoms with E-state index in [2.05, 4.69) is 20.7 Å². The summed E-state index contributed by atoms with van der Waals surface area (Å²) in [5.74, 6) is 1.18. The van der Waals surface area contributed by atoms with Gasteiger partial charge >= 0.3 is 0 Å². The maximum Gasteiger partial charge on any atom is 0.152 e. The molecule has 0 spiro atoms. The number of rotatable bonds is 1. The number of anilines is 2. The molecule has 2 aromatic heterocycles. The minimum absolute atomic E-state index is 0.506. The first kappa shape index (κ1) is 12.7. The van der Waals surface area contributed by atoms with Gasteiger partial charge in [-0.05, 0) is 31.4 Å². The molecule has 2 radical (unpaired) electrons. The maximum atomic E-state index is 5.71. The molecule has 7 heteroatoms. The molecule has 1 fully saturated rings. The maximum absolute atomic E-state index is 5.71. The third-order valence-corrected chi connectivity index (χ3v) is 2.74. The van der Waals surface area contributed by atoms with Crippen LogP contribution in [0.4, 0.5) is 11.6 Å². The van der Waals surface area contributed by atoms with Crippen LogP contribution in [0.1, 0.15) is 12.8 Å². The number of nitrogen functional groups attached to an aromatic ring is 1. The highest BCUT2D eigenvalue weighted by Crippen LogP contribution is 2.10. The molecule has 0 aliphatic carbocycles. The van der Waals surface area contributed by atoms with Crippen LogP contribution in [0.15, 0.2) is 12.3 Å². The average Bonchev–Trinajstić information content (AvgIpc) is 3.03. The standard InChI is InChI=1S/C7H8BN5.C4H9N/c1-10-6-2-5(9)13-7(12-6)4(8)3-11-13;1-2-4-5-3-1/h2-3H,9H2,1H3,(H,10,12);5H,1-4H2. The van der Waals surface area contributed by atoms with Gasteiger partial charge in [-0.25, -0.2) is 9.50 Å². The number of nitrogens with one attached hydrogen (secondary N) is 2. The smallest absolute Gasteiger partial charge is 0.152 e. The highest BCUT2D eigenvalue weighted by atomic mass is 15.3. The van der Waals surface area contributed by atoms with E-state index in [1.54, 1.807) is 13.1 Å². The van der Waals surface area contributed by atoms with E-state index in [1.807, 2.05) is 0 Å². The van der Waals surface area contributed by atoms with Gasteiger partial charge < -0.3 is 16.4 Å². The Balaban J connectivity index is 0.000000202. The summed E-state index contributed by atoms with van der Waals surface area (Å²) in [6, 6.07) is 1.69. The summed E-state index contributed by atoms with van der Waals surface area (Å²) in [5, 5.41) is 10.1. The first-order chi connectivity index (χ1) is 8.72. The predicted octanol–water partition coefficient (Wildman–Crippen LogP) is -0.483. The lowest BCUT2D eigenvalue weighted by Crippen LogP contribution is -2.07. The fourth-order valence-corrected chi connectivity index (χ4v) is 1.76. The average molecular weight is 244 g/mol. The molecule has 1 saturated heterocycles. The molecule has 0 amide bonds. The Morgan fingerprint density at radius 2 is 2.17 bits per heavy atom. The molecule has 1 aliphatic heterocycles. The van der Waals surface area contributed by atoms with Crippen LogP contribution in [0.5, 0.6) is 0 Å². The van der Waals surface area contributed by atoms with Gasteiger partial charge in [-0.15, -0.1) is 0 Å². The molecular weight excluding hydrogens is 227 g/mol. The van der Waals surface area contributed by atoms with Gasteiger partial charge in [-0.3, -0.25) is 0 Å². The van der Waals surface area contributed by atoms with E-state index in [0.717, 1.165) is 0 Å². The highest BCUT2D eigenvalue weighted by Gasteiger charge is 2.04. The molecule has 0 unspecified atom stereocenters. The molecule has 2 aromatic rings. The summed E-state index contributed by atoms with van der Waals surface area (Å²) in [4.78, 5) is 4.20. The molecule has 4 N–H and O–H groups in total. The quantitative estimate of drug-likeness (QED) is 0.590. The van der Waals surface area contributed by atoms with Gasteiger partial charge in [0.05, 0.1) is 0 Å². The highest BCUT2D eigenvalue weighted by molar-refractivity contribution is 6.36. The van der Waals surface area contributed by atoms with E-state index >= 15 is 0 Å². The Hall–Kier alpha value is -1.76. The molecule has 94 valence electrons. The van der Waals surface area contributed by atoms with Crippen LogP contribution >= 0.6 is 0 Å². The van der Waals surface area contributed by atoms with Crippen LogP contribution in [0.25, 0.3) is 5.65 Å². The van der Waals surface area contributed by atoms with Crippen molar-refractivity contribution in [3.8, 4) is 0 Å². The monoisotopic (exact) mass is 244 g/mol. The Morgan fingerprint density at radius 3 is 2.72 bits per heavy atom. The lowest BCUT2D eigenvalue weighted by Gasteiger charge is -2.03. The number of nitrogens with two attached hydrogens (primary N) is 1. The topological polar surface area (TPSA) is 80.3 Å². The van der Waals surface area contributed by atoms with Crippen molar-refractivity contribution in [1.29, 1.82) is 0 Å². The molecule has 0 atom stereocenters. The van der Waals surface area contributed by atoms with Crippen molar-refractivity contribution >= 4 is 30.6 Å². The number of aromatic nitrogens is 3. The van der Waals surface area contributed by atoms with Crippen LogP contribution in [0.3, 0.4) is 0 Å². The van der Waals surface area contributed by atoms with Gasteiger partial charge in [0.15, 0.2) is 5.65 Å². The normalized spacial score (nSPS) is 14.3. The minimum Gasteiger partial charge on any atom is -0.383 e. The third kappa shape index (κ3) is 2.73. The fraction of sp³-hybridized carbons (Fsp3) is 0.455. The van der Waals surface area contributed by atoms with E-state index in [9.17, 15) is 0 Å². The van der Waals surface area contributed by atoms with Gasteiger partial charge in [-0.2, -0.15) is 5.10 Å². The predicted molar refractivity (Wildman–Crippen MR) is 74.4 cm³/mol. The molecule has 0 saturated carbocycles. The first-order valence-corrected chi connectivity index (χ1v) is 6.00. The Bertz CT molecular complexity index is 512. The van der Waals surface area contributed by atoms with Crippen molar-refractivity contribution < 1.29 is 0 Å². The van der Waals surface area contributed by atoms with E-state index in [4.69, 9.17) is 13.6 Å². The number of hydrogen-bond donors (Lipinski definition) is 3. The first-order valence-electron chi connectivity index (χ1n) is 6.00. The second-order valence-electron chi connectivity index (χ2n) is 4.11. The fourth-order valence-electron chi connectivity index (χ4n) is 1.76. The van der Waals surface area contributed by atoms with Gasteiger partial charge in [0.1, 0.15) is 19.5 Å². The minimum atomic E-state index is 0.506. The molecule has 3 heterocycles. The Labute approximate surface area is 107 Å². The van der Waals surface area contributed by atoms with E-state index in [-0.39, 0.29) is 0 Å². The van der Waals surface area contributed by atoms with Gasteiger partial charge in [0, 0.05) is 19.3 Å². The molecule has 3 rings (SSSR count). The second-order valence-corrected chi connectivity index (χ2v) is 4.11. The van der Waals surface area contributed by atoms with Gasteiger partial charge in [-0.1, -0.05) is 0 Å². The lowest BCUT2D eigenvalue weighted by molar-refractivity contribution is 0.857. The second kappa shape index (κ2) is 5.73. The van der Waals surface area contributed by atoms with Crippen molar-refractivity contribution in [3.63, 3.8) is 0 Å². The van der Waals surface area contributed by atoms with Crippen molar-refractivity contribution in [3.05, 3.63) is 12.3 Å². The van der Waals surface area contributed by atoms with Crippen molar-refractivity contribution in [1.82, 2.24) is 19.9 Å². The molecule has 18 heavy (non-hydrogen) atoms. The van der Waals surface area contributed by atoms with E-state index < -0.39 is 0 Å². The van der Waals surface area contributed by atoms with Crippen molar-refractivity contribution in [2.75, 3.05) is 31.2 Å². The van der Waals surface area contributed by atoms with Crippen LogP contribution in [-0.2, 0) is 0 Å². The van der Waals surface area contributed by atoms with Gasteiger partial charge in [0.25, 0.3) is 0 Å². The van der Waals surface area contributed by atoms with Gasteiger partial charge in [0.2, 0.25) is 0 Å². The van der Waals surface area contributed by atoms with Crippen LogP contribution < -0.4 is 21.8 Å². The van der Waals surface area contributed by atoms with Crippen molar-refractivity contribution in [2.45, 2.75) is 12.8 Å². The van der Waals surface area contributed by atoms with Crippen LogP contribution in [0, 0.1) is 0 Å². The van der Waals surface area contributed by atoms with E-state index in [1.165, 1.54) is 36.6 Å². The van der Waals surface area contributed by atoms with Crippen LogP contribution in [0.2, 0.25) is 0 Å². The number of hydrogen-bond acceptors (Lipinski definition) is 5. The third-order valence-electron chi connectivity index (χ3n) is 2.74. The largest absolute Gasteiger partial charge is 0.383 e. The Kier molecular flexibility index (Phi) is 4.04. The van der Waals surface area contributed by atoms with E-state index in [0.29, 0.717) is 22.7 Å². The SMILES string of the molecule is C1CCNC1.[B]c1cnn2c(N)cc(NC)nc12. The molecule has 1 aliphatic rings. The van der Waals surface area contributed by atoms with Crippen LogP contribution in [-0.4, -0.2) is 42.6 Å². The lowest BCUT2D eigenvalue weighted by atomic mass is 10.0. The molecular formula is C11H17BN6. The Morgan fingerprint density at radius 1 is 1.44 bits per heavy atom. The molecule has 0 aromatic carbocycles. The zero-order chi connectivity index (χ0) is 13.0. The molecule has 6 nitrogen and oxygen atoms in total.